The van der Waals surface area contributed by atoms with Gasteiger partial charge in [0.15, 0.2) is 5.11 Å². The van der Waals surface area contributed by atoms with Gasteiger partial charge in [0.2, 0.25) is 0 Å². The lowest BCUT2D eigenvalue weighted by atomic mass is 9.96. The number of hydrogen-bond donors (Lipinski definition) is 1. The Morgan fingerprint density at radius 1 is 0.917 bits per heavy atom. The van der Waals surface area contributed by atoms with Crippen molar-refractivity contribution in [3.05, 3.63) is 95.2 Å². The van der Waals surface area contributed by atoms with Crippen LogP contribution in [0.25, 0.3) is 5.82 Å². The predicted octanol–water partition coefficient (Wildman–Crippen LogP) is 5.39. The fourth-order valence-electron chi connectivity index (χ4n) is 5.04. The molecule has 36 heavy (non-hydrogen) atoms. The number of aryl methyl sites for hydroxylation is 2. The van der Waals surface area contributed by atoms with Gasteiger partial charge >= 0.3 is 0 Å². The molecule has 2 unspecified atom stereocenters. The lowest BCUT2D eigenvalue weighted by molar-refractivity contribution is 0.403. The highest BCUT2D eigenvalue weighted by Gasteiger charge is 2.43. The van der Waals surface area contributed by atoms with Gasteiger partial charge in [-0.25, -0.2) is 4.98 Å². The van der Waals surface area contributed by atoms with E-state index in [2.05, 4.69) is 57.7 Å². The Bertz CT molecular complexity index is 1420. The largest absolute Gasteiger partial charge is 0.497 e. The van der Waals surface area contributed by atoms with Crippen molar-refractivity contribution in [3.63, 3.8) is 0 Å². The van der Waals surface area contributed by atoms with Crippen molar-refractivity contribution >= 4 is 23.0 Å². The molecule has 1 aliphatic heterocycles. The second kappa shape index (κ2) is 9.62. The van der Waals surface area contributed by atoms with Crippen molar-refractivity contribution in [2.75, 3.05) is 19.1 Å². The highest BCUT2D eigenvalue weighted by molar-refractivity contribution is 7.80. The summed E-state index contributed by atoms with van der Waals surface area (Å²) in [6, 6.07) is 17.6. The average molecular weight is 500 g/mol. The van der Waals surface area contributed by atoms with Gasteiger partial charge in [0.05, 0.1) is 37.7 Å². The summed E-state index contributed by atoms with van der Waals surface area (Å²) in [6.07, 6.45) is 3.64. The molecule has 1 N–H and O–H groups in total. The Morgan fingerprint density at radius 3 is 2.42 bits per heavy atom. The molecule has 5 rings (SSSR count). The number of aromatic nitrogens is 3. The highest BCUT2D eigenvalue weighted by atomic mass is 32.1. The second-order valence-corrected chi connectivity index (χ2v) is 9.23. The lowest BCUT2D eigenvalue weighted by Crippen LogP contribution is -2.30. The standard InChI is InChI=1S/C28H29N5O2S/c1-17-9-8-14-30-27(17)32-18(2)15-21(19(32)3)26-25(22-10-6-7-13-29-22)31-28(36)33(26)23-16-20(34-4)11-12-24(23)35-5/h6-16,25-26H,1-5H3,(H,31,36). The van der Waals surface area contributed by atoms with Gasteiger partial charge in [0.25, 0.3) is 0 Å². The van der Waals surface area contributed by atoms with Gasteiger partial charge < -0.3 is 24.3 Å². The van der Waals surface area contributed by atoms with E-state index in [0.717, 1.165) is 45.5 Å². The van der Waals surface area contributed by atoms with Gasteiger partial charge in [0, 0.05) is 29.8 Å². The Morgan fingerprint density at radius 2 is 1.72 bits per heavy atom. The van der Waals surface area contributed by atoms with E-state index in [4.69, 9.17) is 21.7 Å². The molecule has 0 bridgehead atoms. The molecule has 7 nitrogen and oxygen atoms in total. The van der Waals surface area contributed by atoms with Crippen LogP contribution in [-0.4, -0.2) is 33.9 Å². The summed E-state index contributed by atoms with van der Waals surface area (Å²) in [5.74, 6) is 2.36. The zero-order valence-electron chi connectivity index (χ0n) is 21.0. The van der Waals surface area contributed by atoms with Crippen LogP contribution in [0.15, 0.2) is 67.0 Å². The van der Waals surface area contributed by atoms with Gasteiger partial charge in [0.1, 0.15) is 17.3 Å². The number of thiocarbonyl (C=S) groups is 1. The van der Waals surface area contributed by atoms with Gasteiger partial charge in [-0.05, 0) is 80.5 Å². The molecule has 1 aromatic carbocycles. The van der Waals surface area contributed by atoms with E-state index in [1.54, 1.807) is 14.2 Å². The SMILES string of the molecule is COc1ccc(OC)c(N2C(=S)NC(c3ccccn3)C2c2cc(C)n(-c3ncccc3C)c2C)c1. The zero-order chi connectivity index (χ0) is 25.4. The van der Waals surface area contributed by atoms with Crippen molar-refractivity contribution in [3.8, 4) is 17.3 Å². The number of nitrogens with zero attached hydrogens (tertiary/aromatic N) is 4. The van der Waals surface area contributed by atoms with E-state index in [1.807, 2.05) is 54.9 Å². The van der Waals surface area contributed by atoms with Gasteiger partial charge in [-0.3, -0.25) is 4.98 Å². The molecule has 0 spiro atoms. The molecular formula is C28H29N5O2S. The topological polar surface area (TPSA) is 64.4 Å². The van der Waals surface area contributed by atoms with Crippen LogP contribution < -0.4 is 19.7 Å². The summed E-state index contributed by atoms with van der Waals surface area (Å²) in [5, 5.41) is 4.13. The Hall–Kier alpha value is -3.91. The van der Waals surface area contributed by atoms with E-state index in [9.17, 15) is 0 Å². The van der Waals surface area contributed by atoms with E-state index < -0.39 is 0 Å². The molecule has 4 aromatic rings. The smallest absolute Gasteiger partial charge is 0.174 e. The summed E-state index contributed by atoms with van der Waals surface area (Å²) in [7, 11) is 3.32. The van der Waals surface area contributed by atoms with Crippen molar-refractivity contribution in [1.82, 2.24) is 19.9 Å². The van der Waals surface area contributed by atoms with Crippen molar-refractivity contribution < 1.29 is 9.47 Å². The quantitative estimate of drug-likeness (QED) is 0.357. The summed E-state index contributed by atoms with van der Waals surface area (Å²) in [6.45, 7) is 6.32. The van der Waals surface area contributed by atoms with E-state index in [0.29, 0.717) is 10.9 Å². The highest BCUT2D eigenvalue weighted by Crippen LogP contribution is 2.47. The monoisotopic (exact) mass is 499 g/mol. The number of nitrogens with one attached hydrogen (secondary N) is 1. The number of pyridine rings is 2. The molecule has 0 saturated carbocycles. The normalized spacial score (nSPS) is 17.2. The lowest BCUT2D eigenvalue weighted by Gasteiger charge is -2.29. The summed E-state index contributed by atoms with van der Waals surface area (Å²) < 4.78 is 13.5. The molecule has 8 heteroatoms. The molecule has 1 aliphatic rings. The minimum absolute atomic E-state index is 0.173. The first-order valence-corrected chi connectivity index (χ1v) is 12.2. The number of anilines is 1. The van der Waals surface area contributed by atoms with Crippen molar-refractivity contribution in [2.45, 2.75) is 32.9 Å². The molecule has 1 fully saturated rings. The van der Waals surface area contributed by atoms with Crippen LogP contribution in [-0.2, 0) is 0 Å². The summed E-state index contributed by atoms with van der Waals surface area (Å²) in [4.78, 5) is 11.5. The summed E-state index contributed by atoms with van der Waals surface area (Å²) >= 11 is 5.93. The molecule has 4 heterocycles. The molecule has 0 radical (unpaired) electrons. The van der Waals surface area contributed by atoms with Crippen LogP contribution in [0, 0.1) is 20.8 Å². The molecule has 1 saturated heterocycles. The third kappa shape index (κ3) is 3.97. The van der Waals surface area contributed by atoms with Crippen LogP contribution in [0.1, 0.15) is 40.3 Å². The van der Waals surface area contributed by atoms with Gasteiger partial charge in [-0.15, -0.1) is 0 Å². The van der Waals surface area contributed by atoms with E-state index in [-0.39, 0.29) is 12.1 Å². The zero-order valence-corrected chi connectivity index (χ0v) is 21.8. The third-order valence-electron chi connectivity index (χ3n) is 6.73. The Kier molecular flexibility index (Phi) is 6.36. The molecule has 184 valence electrons. The molecule has 2 atom stereocenters. The number of methoxy groups -OCH3 is 2. The van der Waals surface area contributed by atoms with Crippen LogP contribution in [0.3, 0.4) is 0 Å². The third-order valence-corrected chi connectivity index (χ3v) is 7.04. The van der Waals surface area contributed by atoms with E-state index >= 15 is 0 Å². The Balaban J connectivity index is 1.73. The first-order valence-electron chi connectivity index (χ1n) is 11.8. The molecule has 3 aromatic heterocycles. The molecule has 0 amide bonds. The Labute approximate surface area is 216 Å². The predicted molar refractivity (Wildman–Crippen MR) is 145 cm³/mol. The van der Waals surface area contributed by atoms with E-state index in [1.165, 1.54) is 0 Å². The van der Waals surface area contributed by atoms with Crippen LogP contribution >= 0.6 is 12.2 Å². The maximum Gasteiger partial charge on any atom is 0.174 e. The van der Waals surface area contributed by atoms with Gasteiger partial charge in [-0.1, -0.05) is 12.1 Å². The minimum Gasteiger partial charge on any atom is -0.497 e. The number of rotatable bonds is 6. The minimum atomic E-state index is -0.183. The van der Waals surface area contributed by atoms with Gasteiger partial charge in [-0.2, -0.15) is 0 Å². The fraction of sp³-hybridized carbons (Fsp3) is 0.250. The van der Waals surface area contributed by atoms with Crippen molar-refractivity contribution in [2.24, 2.45) is 0 Å². The van der Waals surface area contributed by atoms with Crippen LogP contribution in [0.4, 0.5) is 5.69 Å². The van der Waals surface area contributed by atoms with Crippen molar-refractivity contribution in [1.29, 1.82) is 0 Å². The summed E-state index contributed by atoms with van der Waals surface area (Å²) in [5.41, 5.74) is 6.17. The first kappa shape index (κ1) is 23.8. The maximum atomic E-state index is 5.93. The van der Waals surface area contributed by atoms with Crippen LogP contribution in [0.2, 0.25) is 0 Å². The number of benzene rings is 1. The fourth-order valence-corrected chi connectivity index (χ4v) is 5.38. The average Bonchev–Trinajstić information content (AvgIpc) is 3.39. The first-order chi connectivity index (χ1) is 17.4. The molecular weight excluding hydrogens is 470 g/mol. The number of ether oxygens (including phenoxy) is 2. The second-order valence-electron chi connectivity index (χ2n) is 8.84. The number of hydrogen-bond acceptors (Lipinski definition) is 5. The van der Waals surface area contributed by atoms with Crippen LogP contribution in [0.5, 0.6) is 11.5 Å². The molecule has 0 aliphatic carbocycles. The maximum absolute atomic E-state index is 5.93.